The summed E-state index contributed by atoms with van der Waals surface area (Å²) in [7, 11) is 0. The molecule has 1 aromatic rings. The summed E-state index contributed by atoms with van der Waals surface area (Å²) in [5.41, 5.74) is -0.871. The number of hydrogen-bond donors (Lipinski definition) is 1. The molecule has 0 aliphatic carbocycles. The maximum Gasteiger partial charge on any atom is 0.328 e. The van der Waals surface area contributed by atoms with Gasteiger partial charge < -0.3 is 10.0 Å². The molecule has 1 aliphatic rings. The summed E-state index contributed by atoms with van der Waals surface area (Å²) in [5.74, 6) is -2.07. The van der Waals surface area contributed by atoms with Crippen LogP contribution in [-0.4, -0.2) is 29.2 Å². The van der Waals surface area contributed by atoms with E-state index in [1.54, 1.807) is 0 Å². The molecule has 7 heteroatoms. The Morgan fingerprint density at radius 2 is 2.18 bits per heavy atom. The largest absolute Gasteiger partial charge is 0.391 e. The summed E-state index contributed by atoms with van der Waals surface area (Å²) >= 11 is 0. The van der Waals surface area contributed by atoms with Crippen LogP contribution in [0.2, 0.25) is 0 Å². The molecule has 1 aliphatic heterocycles. The van der Waals surface area contributed by atoms with Crippen molar-refractivity contribution in [1.82, 2.24) is 0 Å². The molecular formula is C10H10F2N2O3. The van der Waals surface area contributed by atoms with E-state index < -0.39 is 28.3 Å². The van der Waals surface area contributed by atoms with Gasteiger partial charge >= 0.3 is 5.69 Å². The van der Waals surface area contributed by atoms with E-state index in [4.69, 9.17) is 0 Å². The molecule has 1 fully saturated rings. The Labute approximate surface area is 95.4 Å². The molecule has 92 valence electrons. The molecule has 1 aromatic carbocycles. The number of aliphatic hydroxyl groups is 1. The van der Waals surface area contributed by atoms with E-state index >= 15 is 0 Å². The number of aliphatic hydroxyl groups excluding tert-OH is 1. The predicted octanol–water partition coefficient (Wildman–Crippen LogP) is 1.44. The first-order chi connectivity index (χ1) is 7.99. The quantitative estimate of drug-likeness (QED) is 0.631. The van der Waals surface area contributed by atoms with Crippen LogP contribution >= 0.6 is 0 Å². The minimum absolute atomic E-state index is 0.121. The summed E-state index contributed by atoms with van der Waals surface area (Å²) in [6.45, 7) is 0.481. The highest BCUT2D eigenvalue weighted by molar-refractivity contribution is 5.64. The molecule has 2 rings (SSSR count). The first-order valence-electron chi connectivity index (χ1n) is 5.05. The van der Waals surface area contributed by atoms with Crippen LogP contribution in [0, 0.1) is 21.7 Å². The number of anilines is 1. The van der Waals surface area contributed by atoms with Crippen LogP contribution in [-0.2, 0) is 0 Å². The fraction of sp³-hybridized carbons (Fsp3) is 0.400. The number of rotatable bonds is 2. The van der Waals surface area contributed by atoms with E-state index in [1.165, 1.54) is 4.90 Å². The van der Waals surface area contributed by atoms with Gasteiger partial charge in [0.1, 0.15) is 11.5 Å². The van der Waals surface area contributed by atoms with Crippen molar-refractivity contribution in [2.75, 3.05) is 18.0 Å². The van der Waals surface area contributed by atoms with Gasteiger partial charge in [0.15, 0.2) is 0 Å². The zero-order valence-corrected chi connectivity index (χ0v) is 8.77. The van der Waals surface area contributed by atoms with Crippen molar-refractivity contribution in [2.24, 2.45) is 0 Å². The number of hydrogen-bond acceptors (Lipinski definition) is 4. The van der Waals surface area contributed by atoms with Crippen LogP contribution < -0.4 is 4.90 Å². The third-order valence-corrected chi connectivity index (χ3v) is 2.69. The van der Waals surface area contributed by atoms with Gasteiger partial charge in [-0.1, -0.05) is 0 Å². The van der Waals surface area contributed by atoms with Crippen molar-refractivity contribution in [1.29, 1.82) is 0 Å². The van der Waals surface area contributed by atoms with Crippen LogP contribution in [0.5, 0.6) is 0 Å². The Bertz CT molecular complexity index is 467. The number of benzene rings is 1. The zero-order valence-electron chi connectivity index (χ0n) is 8.77. The highest BCUT2D eigenvalue weighted by Gasteiger charge is 2.30. The van der Waals surface area contributed by atoms with Crippen molar-refractivity contribution in [3.8, 4) is 0 Å². The SMILES string of the molecule is O=[N+]([O-])c1c(F)cc(F)cc1N1CC[C@@H](O)C1. The van der Waals surface area contributed by atoms with Gasteiger partial charge in [-0.2, -0.15) is 4.39 Å². The molecule has 0 saturated carbocycles. The first kappa shape index (κ1) is 11.7. The summed E-state index contributed by atoms with van der Waals surface area (Å²) in [4.78, 5) is 11.3. The van der Waals surface area contributed by atoms with E-state index in [9.17, 15) is 24.0 Å². The lowest BCUT2D eigenvalue weighted by atomic mass is 10.2. The van der Waals surface area contributed by atoms with Crippen molar-refractivity contribution < 1.29 is 18.8 Å². The van der Waals surface area contributed by atoms with E-state index in [0.717, 1.165) is 6.07 Å². The average molecular weight is 244 g/mol. The third kappa shape index (κ3) is 2.19. The molecule has 1 atom stereocenters. The van der Waals surface area contributed by atoms with Gasteiger partial charge in [-0.3, -0.25) is 10.1 Å². The van der Waals surface area contributed by atoms with Crippen LogP contribution in [0.15, 0.2) is 12.1 Å². The molecule has 1 heterocycles. The van der Waals surface area contributed by atoms with Crippen molar-refractivity contribution >= 4 is 11.4 Å². The van der Waals surface area contributed by atoms with Gasteiger partial charge in [0.2, 0.25) is 5.82 Å². The summed E-state index contributed by atoms with van der Waals surface area (Å²) in [6.07, 6.45) is -0.198. The van der Waals surface area contributed by atoms with Crippen molar-refractivity contribution in [3.63, 3.8) is 0 Å². The first-order valence-corrected chi connectivity index (χ1v) is 5.05. The molecule has 0 amide bonds. The van der Waals surface area contributed by atoms with Crippen LogP contribution in [0.4, 0.5) is 20.2 Å². The number of nitrogens with zero attached hydrogens (tertiary/aromatic N) is 2. The smallest absolute Gasteiger partial charge is 0.328 e. The zero-order chi connectivity index (χ0) is 12.6. The fourth-order valence-electron chi connectivity index (χ4n) is 1.93. The van der Waals surface area contributed by atoms with Crippen molar-refractivity contribution in [2.45, 2.75) is 12.5 Å². The van der Waals surface area contributed by atoms with Crippen LogP contribution in [0.1, 0.15) is 6.42 Å². The number of nitro benzene ring substituents is 1. The van der Waals surface area contributed by atoms with Crippen molar-refractivity contribution in [3.05, 3.63) is 33.9 Å². The maximum absolute atomic E-state index is 13.3. The van der Waals surface area contributed by atoms with Gasteiger partial charge in [-0.25, -0.2) is 4.39 Å². The standard InChI is InChI=1S/C10H10F2N2O3/c11-6-3-8(12)10(14(16)17)9(4-6)13-2-1-7(15)5-13/h3-4,7,15H,1-2,5H2/t7-/m1/s1. The molecule has 5 nitrogen and oxygen atoms in total. The second kappa shape index (κ2) is 4.25. The Kier molecular flexibility index (Phi) is 2.93. The van der Waals surface area contributed by atoms with E-state index in [1.807, 2.05) is 0 Å². The Morgan fingerprint density at radius 1 is 1.47 bits per heavy atom. The Balaban J connectivity index is 2.47. The lowest BCUT2D eigenvalue weighted by Crippen LogP contribution is -2.22. The average Bonchev–Trinajstić information content (AvgIpc) is 2.62. The van der Waals surface area contributed by atoms with Gasteiger partial charge in [0, 0.05) is 25.2 Å². The summed E-state index contributed by atoms with van der Waals surface area (Å²) < 4.78 is 26.4. The van der Waals surface area contributed by atoms with Gasteiger partial charge in [0.05, 0.1) is 11.0 Å². The summed E-state index contributed by atoms with van der Waals surface area (Å²) in [5, 5.41) is 20.1. The highest BCUT2D eigenvalue weighted by atomic mass is 19.1. The number of nitro groups is 1. The maximum atomic E-state index is 13.3. The van der Waals surface area contributed by atoms with Gasteiger partial charge in [0.25, 0.3) is 0 Å². The number of β-amino-alcohol motifs (C(OH)–C–C–N with tert-alkyl or cyclic N) is 1. The molecule has 0 aromatic heterocycles. The molecular weight excluding hydrogens is 234 g/mol. The highest BCUT2D eigenvalue weighted by Crippen LogP contribution is 2.33. The molecule has 1 saturated heterocycles. The molecule has 0 radical (unpaired) electrons. The number of halogens is 2. The lowest BCUT2D eigenvalue weighted by Gasteiger charge is -2.17. The van der Waals surface area contributed by atoms with E-state index in [0.29, 0.717) is 19.0 Å². The monoisotopic (exact) mass is 244 g/mol. The topological polar surface area (TPSA) is 66.6 Å². The minimum Gasteiger partial charge on any atom is -0.391 e. The van der Waals surface area contributed by atoms with Crippen LogP contribution in [0.25, 0.3) is 0 Å². The second-order valence-corrected chi connectivity index (χ2v) is 3.90. The van der Waals surface area contributed by atoms with E-state index in [-0.39, 0.29) is 12.2 Å². The van der Waals surface area contributed by atoms with Crippen LogP contribution in [0.3, 0.4) is 0 Å². The Hall–Kier alpha value is -1.76. The van der Waals surface area contributed by atoms with Gasteiger partial charge in [-0.05, 0) is 6.42 Å². The molecule has 0 unspecified atom stereocenters. The molecule has 17 heavy (non-hydrogen) atoms. The van der Waals surface area contributed by atoms with Gasteiger partial charge in [-0.15, -0.1) is 0 Å². The Morgan fingerprint density at radius 3 is 2.71 bits per heavy atom. The lowest BCUT2D eigenvalue weighted by molar-refractivity contribution is -0.386. The predicted molar refractivity (Wildman–Crippen MR) is 55.8 cm³/mol. The van der Waals surface area contributed by atoms with E-state index in [2.05, 4.69) is 0 Å². The second-order valence-electron chi connectivity index (χ2n) is 3.90. The summed E-state index contributed by atoms with van der Waals surface area (Å²) in [6, 6.07) is 1.40. The molecule has 0 spiro atoms. The molecule has 0 bridgehead atoms. The fourth-order valence-corrected chi connectivity index (χ4v) is 1.93. The normalized spacial score (nSPS) is 19.7. The minimum atomic E-state index is -1.20. The molecule has 1 N–H and O–H groups in total. The third-order valence-electron chi connectivity index (χ3n) is 2.69.